The van der Waals surface area contributed by atoms with Crippen LogP contribution in [0.2, 0.25) is 5.28 Å². The first kappa shape index (κ1) is 13.9. The number of hydrogen-bond donors (Lipinski definition) is 1. The molecule has 0 fully saturated rings. The van der Waals surface area contributed by atoms with Crippen LogP contribution in [0.4, 0.5) is 14.7 Å². The van der Waals surface area contributed by atoms with E-state index in [0.29, 0.717) is 4.47 Å². The van der Waals surface area contributed by atoms with E-state index in [-0.39, 0.29) is 23.0 Å². The summed E-state index contributed by atoms with van der Waals surface area (Å²) in [6.07, 6.45) is 0. The van der Waals surface area contributed by atoms with E-state index in [9.17, 15) is 8.78 Å². The number of ether oxygens (including phenoxy) is 1. The Bertz CT molecular complexity index is 629. The number of anilines is 1. The van der Waals surface area contributed by atoms with Gasteiger partial charge in [-0.1, -0.05) is 15.9 Å². The van der Waals surface area contributed by atoms with Gasteiger partial charge in [-0.15, -0.1) is 0 Å². The Morgan fingerprint density at radius 2 is 2.00 bits per heavy atom. The zero-order chi connectivity index (χ0) is 14.0. The van der Waals surface area contributed by atoms with E-state index in [1.807, 2.05) is 0 Å². The van der Waals surface area contributed by atoms with Gasteiger partial charge < -0.3 is 10.1 Å². The Labute approximate surface area is 120 Å². The largest absolute Gasteiger partial charge is 0.421 e. The number of nitrogens with one attached hydrogen (secondary N) is 1. The van der Waals surface area contributed by atoms with Crippen LogP contribution in [0.1, 0.15) is 0 Å². The summed E-state index contributed by atoms with van der Waals surface area (Å²) in [6.45, 7) is 0. The van der Waals surface area contributed by atoms with Crippen LogP contribution < -0.4 is 10.1 Å². The van der Waals surface area contributed by atoms with Crippen LogP contribution in [0.5, 0.6) is 11.8 Å². The number of hydrogen-bond acceptors (Lipinski definition) is 5. The molecule has 2 rings (SSSR count). The lowest BCUT2D eigenvalue weighted by Gasteiger charge is -2.07. The van der Waals surface area contributed by atoms with Crippen molar-refractivity contribution in [1.29, 1.82) is 0 Å². The molecule has 0 spiro atoms. The molecule has 0 radical (unpaired) electrons. The summed E-state index contributed by atoms with van der Waals surface area (Å²) in [5.41, 5.74) is 0. The fourth-order valence-corrected chi connectivity index (χ4v) is 1.76. The summed E-state index contributed by atoms with van der Waals surface area (Å²) < 4.78 is 32.1. The second-order valence-corrected chi connectivity index (χ2v) is 4.52. The summed E-state index contributed by atoms with van der Waals surface area (Å²) in [5, 5.41) is 2.49. The van der Waals surface area contributed by atoms with Gasteiger partial charge in [0, 0.05) is 11.5 Å². The number of nitrogens with zero attached hydrogens (tertiary/aromatic N) is 3. The molecular formula is C10H6BrClF2N4O. The molecule has 1 aromatic heterocycles. The van der Waals surface area contributed by atoms with Crippen LogP contribution in [0, 0.1) is 11.6 Å². The highest BCUT2D eigenvalue weighted by Gasteiger charge is 2.14. The maximum atomic E-state index is 13.5. The molecule has 0 amide bonds. The van der Waals surface area contributed by atoms with E-state index >= 15 is 0 Å². The molecule has 2 aromatic rings. The van der Waals surface area contributed by atoms with Gasteiger partial charge in [0.2, 0.25) is 17.0 Å². The van der Waals surface area contributed by atoms with Crippen molar-refractivity contribution in [3.63, 3.8) is 0 Å². The second-order valence-electron chi connectivity index (χ2n) is 3.26. The summed E-state index contributed by atoms with van der Waals surface area (Å²) in [4.78, 5) is 11.2. The molecule has 1 N–H and O–H groups in total. The molecule has 1 heterocycles. The molecule has 9 heteroatoms. The van der Waals surface area contributed by atoms with E-state index in [1.165, 1.54) is 6.07 Å². The highest BCUT2D eigenvalue weighted by Crippen LogP contribution is 2.28. The maximum Gasteiger partial charge on any atom is 0.328 e. The second kappa shape index (κ2) is 5.62. The molecule has 0 aliphatic rings. The predicted molar refractivity (Wildman–Crippen MR) is 68.5 cm³/mol. The third-order valence-corrected chi connectivity index (χ3v) is 2.60. The minimum Gasteiger partial charge on any atom is -0.421 e. The van der Waals surface area contributed by atoms with Gasteiger partial charge in [-0.05, 0) is 23.7 Å². The molecule has 0 aliphatic heterocycles. The molecule has 100 valence electrons. The molecule has 19 heavy (non-hydrogen) atoms. The van der Waals surface area contributed by atoms with Crippen molar-refractivity contribution >= 4 is 33.5 Å². The molecule has 0 aliphatic carbocycles. The van der Waals surface area contributed by atoms with Crippen LogP contribution in [0.3, 0.4) is 0 Å². The van der Waals surface area contributed by atoms with Crippen molar-refractivity contribution < 1.29 is 13.5 Å². The zero-order valence-corrected chi connectivity index (χ0v) is 11.8. The van der Waals surface area contributed by atoms with E-state index < -0.39 is 11.6 Å². The number of rotatable bonds is 3. The fraction of sp³-hybridized carbons (Fsp3) is 0.100. The van der Waals surface area contributed by atoms with Crippen LogP contribution in [-0.4, -0.2) is 22.0 Å². The molecule has 0 saturated carbocycles. The minimum absolute atomic E-state index is 0.134. The first-order chi connectivity index (χ1) is 8.99. The van der Waals surface area contributed by atoms with Gasteiger partial charge in [0.25, 0.3) is 0 Å². The molecule has 0 bridgehead atoms. The Kier molecular flexibility index (Phi) is 4.11. The summed E-state index contributed by atoms with van der Waals surface area (Å²) in [7, 11) is 1.56. The van der Waals surface area contributed by atoms with Crippen molar-refractivity contribution in [3.05, 3.63) is 33.5 Å². The van der Waals surface area contributed by atoms with Gasteiger partial charge in [-0.25, -0.2) is 4.39 Å². The average molecular weight is 352 g/mol. The lowest BCUT2D eigenvalue weighted by Crippen LogP contribution is -2.02. The Morgan fingerprint density at radius 1 is 1.26 bits per heavy atom. The van der Waals surface area contributed by atoms with Gasteiger partial charge in [0.05, 0.1) is 0 Å². The SMILES string of the molecule is CNc1nc(Cl)nc(Oc2cc(Br)cc(F)c2F)n1. The lowest BCUT2D eigenvalue weighted by molar-refractivity contribution is 0.392. The molecule has 0 unspecified atom stereocenters. The summed E-state index contributed by atoms with van der Waals surface area (Å²) in [5.74, 6) is -2.42. The van der Waals surface area contributed by atoms with Gasteiger partial charge in [0.15, 0.2) is 11.6 Å². The molecule has 5 nitrogen and oxygen atoms in total. The first-order valence-electron chi connectivity index (χ1n) is 4.91. The monoisotopic (exact) mass is 350 g/mol. The van der Waals surface area contributed by atoms with Crippen molar-refractivity contribution in [2.45, 2.75) is 0 Å². The first-order valence-corrected chi connectivity index (χ1v) is 6.08. The Hall–Kier alpha value is -1.54. The van der Waals surface area contributed by atoms with E-state index in [1.54, 1.807) is 7.05 Å². The van der Waals surface area contributed by atoms with Crippen LogP contribution in [-0.2, 0) is 0 Å². The highest BCUT2D eigenvalue weighted by atomic mass is 79.9. The number of aromatic nitrogens is 3. The predicted octanol–water partition coefficient (Wildman–Crippen LogP) is 3.40. The number of halogens is 4. The van der Waals surface area contributed by atoms with Gasteiger partial charge in [-0.3, -0.25) is 0 Å². The highest BCUT2D eigenvalue weighted by molar-refractivity contribution is 9.10. The van der Waals surface area contributed by atoms with Crippen LogP contribution >= 0.6 is 27.5 Å². The molecular weight excluding hydrogens is 345 g/mol. The number of benzene rings is 1. The summed E-state index contributed by atoms with van der Waals surface area (Å²) >= 11 is 8.66. The molecule has 0 atom stereocenters. The van der Waals surface area contributed by atoms with Gasteiger partial charge >= 0.3 is 6.01 Å². The quantitative estimate of drug-likeness (QED) is 0.859. The average Bonchev–Trinajstić information content (AvgIpc) is 2.34. The molecule has 1 aromatic carbocycles. The van der Waals surface area contributed by atoms with E-state index in [0.717, 1.165) is 6.07 Å². The van der Waals surface area contributed by atoms with Crippen molar-refractivity contribution in [2.24, 2.45) is 0 Å². The van der Waals surface area contributed by atoms with Crippen molar-refractivity contribution in [1.82, 2.24) is 15.0 Å². The standard InChI is InChI=1S/C10H6BrClF2N4O/c1-15-9-16-8(12)17-10(18-9)19-6-3-4(11)2-5(13)7(6)14/h2-3H,1H3,(H,15,16,17,18). The van der Waals surface area contributed by atoms with Gasteiger partial charge in [-0.2, -0.15) is 19.3 Å². The third-order valence-electron chi connectivity index (χ3n) is 1.97. The van der Waals surface area contributed by atoms with E-state index in [4.69, 9.17) is 16.3 Å². The van der Waals surface area contributed by atoms with E-state index in [2.05, 4.69) is 36.2 Å². The Balaban J connectivity index is 2.38. The summed E-state index contributed by atoms with van der Waals surface area (Å²) in [6, 6.07) is 1.97. The van der Waals surface area contributed by atoms with Gasteiger partial charge in [0.1, 0.15) is 0 Å². The van der Waals surface area contributed by atoms with Crippen LogP contribution in [0.15, 0.2) is 16.6 Å². The fourth-order valence-electron chi connectivity index (χ4n) is 1.19. The van der Waals surface area contributed by atoms with Crippen LogP contribution in [0.25, 0.3) is 0 Å². The lowest BCUT2D eigenvalue weighted by atomic mass is 10.3. The molecule has 0 saturated heterocycles. The maximum absolute atomic E-state index is 13.5. The topological polar surface area (TPSA) is 59.9 Å². The van der Waals surface area contributed by atoms with Crippen molar-refractivity contribution in [3.8, 4) is 11.8 Å². The third kappa shape index (κ3) is 3.27. The normalized spacial score (nSPS) is 10.4. The minimum atomic E-state index is -1.15. The smallest absolute Gasteiger partial charge is 0.328 e. The van der Waals surface area contributed by atoms with Crippen molar-refractivity contribution in [2.75, 3.05) is 12.4 Å². The zero-order valence-electron chi connectivity index (χ0n) is 9.42. The Morgan fingerprint density at radius 3 is 2.68 bits per heavy atom.